The van der Waals surface area contributed by atoms with Gasteiger partial charge in [0.15, 0.2) is 0 Å². The van der Waals surface area contributed by atoms with Gasteiger partial charge < -0.3 is 15.2 Å². The van der Waals surface area contributed by atoms with Crippen LogP contribution in [0.2, 0.25) is 0 Å². The first-order valence-electron chi connectivity index (χ1n) is 13.4. The molecule has 1 unspecified atom stereocenters. The first-order chi connectivity index (χ1) is 16.7. The molecule has 2 aliphatic heterocycles. The molecule has 4 heteroatoms. The van der Waals surface area contributed by atoms with Gasteiger partial charge in [-0.25, -0.2) is 0 Å². The minimum Gasteiger partial charge on any atom is -0.354 e. The van der Waals surface area contributed by atoms with Gasteiger partial charge in [0.25, 0.3) is 0 Å². The van der Waals surface area contributed by atoms with E-state index in [0.717, 1.165) is 24.2 Å². The molecule has 0 radical (unpaired) electrons. The van der Waals surface area contributed by atoms with Gasteiger partial charge >= 0.3 is 0 Å². The van der Waals surface area contributed by atoms with Crippen molar-refractivity contribution < 1.29 is 4.79 Å². The number of aryl methyl sites for hydroxylation is 2. The second kappa shape index (κ2) is 9.13. The van der Waals surface area contributed by atoms with E-state index < -0.39 is 5.41 Å². The largest absolute Gasteiger partial charge is 0.354 e. The fourth-order valence-corrected chi connectivity index (χ4v) is 6.67. The van der Waals surface area contributed by atoms with Gasteiger partial charge in [0, 0.05) is 30.0 Å². The zero-order valence-corrected chi connectivity index (χ0v) is 22.3. The number of fused-ring (bicyclic) bond motifs is 4. The lowest BCUT2D eigenvalue weighted by molar-refractivity contribution is -0.144. The van der Waals surface area contributed by atoms with E-state index in [9.17, 15) is 4.79 Å². The van der Waals surface area contributed by atoms with E-state index >= 15 is 0 Å². The van der Waals surface area contributed by atoms with Gasteiger partial charge in [-0.1, -0.05) is 30.2 Å². The third kappa shape index (κ3) is 4.31. The van der Waals surface area contributed by atoms with Crippen molar-refractivity contribution >= 4 is 16.8 Å². The van der Waals surface area contributed by atoms with Crippen molar-refractivity contribution in [3.63, 3.8) is 0 Å². The van der Waals surface area contributed by atoms with Gasteiger partial charge in [-0.2, -0.15) is 0 Å². The number of aromatic amines is 1. The Labute approximate surface area is 210 Å². The second-order valence-corrected chi connectivity index (χ2v) is 11.8. The summed E-state index contributed by atoms with van der Waals surface area (Å²) in [6, 6.07) is 13.8. The van der Waals surface area contributed by atoms with Crippen molar-refractivity contribution in [1.29, 1.82) is 0 Å². The first kappa shape index (κ1) is 24.1. The molecule has 1 amide bonds. The van der Waals surface area contributed by atoms with Crippen LogP contribution in [0.1, 0.15) is 74.6 Å². The van der Waals surface area contributed by atoms with Gasteiger partial charge in [0.05, 0.1) is 11.1 Å². The van der Waals surface area contributed by atoms with E-state index in [4.69, 9.17) is 0 Å². The van der Waals surface area contributed by atoms with Gasteiger partial charge in [-0.05, 0) is 113 Å². The number of rotatable bonds is 6. The van der Waals surface area contributed by atoms with E-state index in [-0.39, 0.29) is 0 Å². The van der Waals surface area contributed by atoms with Crippen LogP contribution < -0.4 is 5.32 Å². The molecule has 3 fully saturated rings. The highest BCUT2D eigenvalue weighted by atomic mass is 16.2. The second-order valence-electron chi connectivity index (χ2n) is 11.8. The van der Waals surface area contributed by atoms with Crippen molar-refractivity contribution in [2.75, 3.05) is 20.1 Å². The van der Waals surface area contributed by atoms with Crippen LogP contribution in [0.3, 0.4) is 0 Å². The maximum atomic E-state index is 13.9. The number of aromatic nitrogens is 1. The summed E-state index contributed by atoms with van der Waals surface area (Å²) in [5.74, 6) is 1.32. The zero-order chi connectivity index (χ0) is 24.9. The lowest BCUT2D eigenvalue weighted by Gasteiger charge is -2.47. The molecular weight excluding hydrogens is 430 g/mol. The average Bonchev–Trinajstić information content (AvgIpc) is 3.23. The zero-order valence-electron chi connectivity index (χ0n) is 22.3. The van der Waals surface area contributed by atoms with Crippen LogP contribution in [0.15, 0.2) is 36.4 Å². The Morgan fingerprint density at radius 2 is 1.77 bits per heavy atom. The minimum atomic E-state index is -0.549. The number of benzene rings is 2. The molecule has 0 spiro atoms. The summed E-state index contributed by atoms with van der Waals surface area (Å²) in [6.45, 7) is 12.7. The number of carbonyl (C=O) groups is 1. The third-order valence-corrected chi connectivity index (χ3v) is 8.58. The minimum absolute atomic E-state index is 0.293. The van der Waals surface area contributed by atoms with E-state index in [2.05, 4.69) is 86.2 Å². The number of hydrogen-bond donors (Lipinski definition) is 2. The lowest BCUT2D eigenvalue weighted by Crippen LogP contribution is -2.55. The fraction of sp³-hybridized carbons (Fsp3) is 0.516. The van der Waals surface area contributed by atoms with Crippen LogP contribution in [0, 0.1) is 19.8 Å². The molecule has 35 heavy (non-hydrogen) atoms. The smallest absolute Gasteiger partial charge is 0.232 e. The van der Waals surface area contributed by atoms with Crippen LogP contribution in [0.25, 0.3) is 22.2 Å². The van der Waals surface area contributed by atoms with Crippen LogP contribution in [0.4, 0.5) is 0 Å². The summed E-state index contributed by atoms with van der Waals surface area (Å²) in [5, 5.41) is 4.61. The van der Waals surface area contributed by atoms with E-state index in [1.165, 1.54) is 59.0 Å². The molecular formula is C31H41N3O. The predicted octanol–water partition coefficient (Wildman–Crippen LogP) is 6.45. The molecule has 1 atom stereocenters. The topological polar surface area (TPSA) is 48.1 Å². The van der Waals surface area contributed by atoms with Crippen molar-refractivity contribution in [1.82, 2.24) is 15.2 Å². The maximum absolute atomic E-state index is 13.9. The number of piperidine rings is 2. The molecule has 3 aliphatic rings. The summed E-state index contributed by atoms with van der Waals surface area (Å²) in [7, 11) is 2.02. The van der Waals surface area contributed by atoms with Crippen LogP contribution in [-0.4, -0.2) is 42.0 Å². The number of likely N-dealkylation sites (N-methyl/N-ethyl adjacent to an activating group) is 1. The number of hydrogen-bond acceptors (Lipinski definition) is 2. The van der Waals surface area contributed by atoms with Crippen molar-refractivity contribution in [2.24, 2.45) is 5.92 Å². The summed E-state index contributed by atoms with van der Waals surface area (Å²) in [6.07, 6.45) is 4.93. The Bertz CT molecular complexity index is 1230. The van der Waals surface area contributed by atoms with Crippen LogP contribution >= 0.6 is 0 Å². The van der Waals surface area contributed by atoms with Crippen molar-refractivity contribution in [2.45, 2.75) is 77.7 Å². The molecule has 2 saturated heterocycles. The molecule has 3 heterocycles. The summed E-state index contributed by atoms with van der Waals surface area (Å²) in [4.78, 5) is 19.8. The molecule has 2 aromatic carbocycles. The number of nitrogens with one attached hydrogen (secondary N) is 2. The fourth-order valence-electron chi connectivity index (χ4n) is 6.67. The highest BCUT2D eigenvalue weighted by molar-refractivity contribution is 5.94. The Balaban J connectivity index is 1.59. The summed E-state index contributed by atoms with van der Waals surface area (Å²) >= 11 is 0. The van der Waals surface area contributed by atoms with Crippen LogP contribution in [-0.2, 0) is 10.2 Å². The standard InChI is InChI=1S/C31H41N3O/c1-19-13-20(2)15-23(14-19)29-28(21(3)17-32-6)26-16-24(9-12-27(26)33-29)31(4,5)30(35)34-18-22-7-10-25(34)11-8-22/h9,12-16,21-22,25,32-33H,7-8,10-11,17-18H2,1-6H3. The Kier molecular flexibility index (Phi) is 6.29. The SMILES string of the molecule is CNCC(C)c1c(-c2cc(C)cc(C)c2)[nH]c2ccc(C(C)(C)C(=O)N3CC4CCC3CC4)cc12. The molecule has 2 N–H and O–H groups in total. The van der Waals surface area contributed by atoms with Crippen molar-refractivity contribution in [3.8, 4) is 11.3 Å². The molecule has 186 valence electrons. The molecule has 4 nitrogen and oxygen atoms in total. The number of amides is 1. The third-order valence-electron chi connectivity index (χ3n) is 8.58. The first-order valence-corrected chi connectivity index (χ1v) is 13.4. The maximum Gasteiger partial charge on any atom is 0.232 e. The molecule has 6 rings (SSSR count). The van der Waals surface area contributed by atoms with E-state index in [1.807, 2.05) is 7.05 Å². The molecule has 1 aromatic heterocycles. The lowest BCUT2D eigenvalue weighted by atomic mass is 9.76. The van der Waals surface area contributed by atoms with E-state index in [0.29, 0.717) is 23.8 Å². The van der Waals surface area contributed by atoms with E-state index in [1.54, 1.807) is 0 Å². The number of carbonyl (C=O) groups excluding carboxylic acids is 1. The molecule has 1 aliphatic carbocycles. The summed E-state index contributed by atoms with van der Waals surface area (Å²) < 4.78 is 0. The van der Waals surface area contributed by atoms with Gasteiger partial charge in [-0.3, -0.25) is 4.79 Å². The Morgan fingerprint density at radius 1 is 1.09 bits per heavy atom. The highest BCUT2D eigenvalue weighted by Gasteiger charge is 2.42. The molecule has 2 bridgehead atoms. The van der Waals surface area contributed by atoms with Gasteiger partial charge in [-0.15, -0.1) is 0 Å². The average molecular weight is 472 g/mol. The van der Waals surface area contributed by atoms with Crippen molar-refractivity contribution in [3.05, 3.63) is 58.7 Å². The molecule has 1 saturated carbocycles. The monoisotopic (exact) mass is 471 g/mol. The van der Waals surface area contributed by atoms with Crippen LogP contribution in [0.5, 0.6) is 0 Å². The molecule has 3 aromatic rings. The Morgan fingerprint density at radius 3 is 2.37 bits per heavy atom. The summed E-state index contributed by atoms with van der Waals surface area (Å²) in [5.41, 5.74) is 8.01. The van der Waals surface area contributed by atoms with Gasteiger partial charge in [0.1, 0.15) is 0 Å². The normalized spacial score (nSPS) is 21.0. The predicted molar refractivity (Wildman–Crippen MR) is 146 cm³/mol. The number of H-pyrrole nitrogens is 1. The van der Waals surface area contributed by atoms with Gasteiger partial charge in [0.2, 0.25) is 5.91 Å². The quantitative estimate of drug-likeness (QED) is 0.434. The highest BCUT2D eigenvalue weighted by Crippen LogP contribution is 2.41. The number of nitrogens with zero attached hydrogens (tertiary/aromatic N) is 1. The Hall–Kier alpha value is -2.59.